The van der Waals surface area contributed by atoms with E-state index in [9.17, 15) is 4.79 Å². The number of carbonyl (C=O) groups excluding carboxylic acids is 1. The van der Waals surface area contributed by atoms with E-state index in [-0.39, 0.29) is 5.41 Å². The Morgan fingerprint density at radius 2 is 1.85 bits per heavy atom. The lowest BCUT2D eigenvalue weighted by Crippen LogP contribution is -2.37. The second-order valence-corrected chi connectivity index (χ2v) is 4.25. The summed E-state index contributed by atoms with van der Waals surface area (Å²) in [4.78, 5) is 11.4. The van der Waals surface area contributed by atoms with Gasteiger partial charge in [-0.05, 0) is 18.4 Å². The van der Waals surface area contributed by atoms with Crippen LogP contribution in [-0.4, -0.2) is 5.78 Å². The van der Waals surface area contributed by atoms with Crippen molar-refractivity contribution in [2.75, 3.05) is 0 Å². The second-order valence-electron chi connectivity index (χ2n) is 4.25. The zero-order valence-electron chi connectivity index (χ0n) is 7.49. The van der Waals surface area contributed by atoms with E-state index in [2.05, 4.69) is 24.3 Å². The Morgan fingerprint density at radius 3 is 2.38 bits per heavy atom. The van der Waals surface area contributed by atoms with Crippen molar-refractivity contribution in [3.63, 3.8) is 0 Å². The van der Waals surface area contributed by atoms with Gasteiger partial charge in [0.1, 0.15) is 5.78 Å². The fraction of sp³-hybridized carbons (Fsp3) is 0.417. The van der Waals surface area contributed by atoms with Crippen molar-refractivity contribution in [1.82, 2.24) is 0 Å². The van der Waals surface area contributed by atoms with E-state index in [4.69, 9.17) is 0 Å². The van der Waals surface area contributed by atoms with Crippen molar-refractivity contribution in [3.05, 3.63) is 35.9 Å². The summed E-state index contributed by atoms with van der Waals surface area (Å²) in [7, 11) is 0. The first kappa shape index (κ1) is 7.31. The van der Waals surface area contributed by atoms with Gasteiger partial charge in [0.25, 0.3) is 0 Å². The molecule has 0 radical (unpaired) electrons. The van der Waals surface area contributed by atoms with Crippen LogP contribution in [0.1, 0.15) is 30.7 Å². The van der Waals surface area contributed by atoms with Crippen molar-refractivity contribution < 1.29 is 4.79 Å². The molecule has 0 amide bonds. The molecular formula is C12H12O. The monoisotopic (exact) mass is 172 g/mol. The lowest BCUT2D eigenvalue weighted by atomic mass is 9.66. The molecule has 0 bridgehead atoms. The molecule has 1 nitrogen and oxygen atoms in total. The Balaban J connectivity index is 1.93. The van der Waals surface area contributed by atoms with Gasteiger partial charge < -0.3 is 0 Å². The largest absolute Gasteiger partial charge is 0.299 e. The molecule has 1 heteroatoms. The molecule has 1 atom stereocenters. The van der Waals surface area contributed by atoms with Crippen LogP contribution in [0.25, 0.3) is 0 Å². The number of hydrogen-bond donors (Lipinski definition) is 0. The normalized spacial score (nSPS) is 28.6. The van der Waals surface area contributed by atoms with Crippen molar-refractivity contribution >= 4 is 5.78 Å². The van der Waals surface area contributed by atoms with E-state index >= 15 is 0 Å². The van der Waals surface area contributed by atoms with Gasteiger partial charge in [-0.15, -0.1) is 0 Å². The number of hydrogen-bond acceptors (Lipinski definition) is 1. The summed E-state index contributed by atoms with van der Waals surface area (Å²) >= 11 is 0. The van der Waals surface area contributed by atoms with Gasteiger partial charge >= 0.3 is 0 Å². The molecule has 0 aromatic heterocycles. The van der Waals surface area contributed by atoms with Gasteiger partial charge in [-0.2, -0.15) is 0 Å². The highest BCUT2D eigenvalue weighted by atomic mass is 16.1. The molecule has 1 aromatic carbocycles. The molecule has 2 saturated carbocycles. The van der Waals surface area contributed by atoms with E-state index < -0.39 is 0 Å². The number of rotatable bonds is 1. The molecule has 0 aliphatic heterocycles. The van der Waals surface area contributed by atoms with E-state index in [1.807, 2.05) is 6.07 Å². The summed E-state index contributed by atoms with van der Waals surface area (Å²) in [5, 5.41) is 0. The SMILES string of the molecule is O=C1CC(c2ccccc2)C12CC2. The highest BCUT2D eigenvalue weighted by Gasteiger charge is 2.62. The zero-order chi connectivity index (χ0) is 8.89. The lowest BCUT2D eigenvalue weighted by Gasteiger charge is -2.35. The zero-order valence-corrected chi connectivity index (χ0v) is 7.49. The van der Waals surface area contributed by atoms with Crippen molar-refractivity contribution in [1.29, 1.82) is 0 Å². The van der Waals surface area contributed by atoms with E-state index in [1.165, 1.54) is 5.56 Å². The number of Topliss-reactive ketones (excluding diaryl/α,β-unsaturated/α-hetero) is 1. The highest BCUT2D eigenvalue weighted by molar-refractivity contribution is 5.95. The van der Waals surface area contributed by atoms with E-state index in [0.717, 1.165) is 19.3 Å². The third-order valence-corrected chi connectivity index (χ3v) is 3.60. The van der Waals surface area contributed by atoms with Crippen LogP contribution in [-0.2, 0) is 4.79 Å². The molecule has 0 heterocycles. The van der Waals surface area contributed by atoms with Crippen LogP contribution in [0.2, 0.25) is 0 Å². The minimum absolute atomic E-state index is 0.112. The molecule has 3 rings (SSSR count). The van der Waals surface area contributed by atoms with Gasteiger partial charge in [-0.25, -0.2) is 0 Å². The van der Waals surface area contributed by atoms with Crippen LogP contribution < -0.4 is 0 Å². The van der Waals surface area contributed by atoms with E-state index in [1.54, 1.807) is 0 Å². The summed E-state index contributed by atoms with van der Waals surface area (Å²) in [6.45, 7) is 0. The minimum atomic E-state index is 0.112. The van der Waals surface area contributed by atoms with Crippen LogP contribution in [0.5, 0.6) is 0 Å². The fourth-order valence-corrected chi connectivity index (χ4v) is 2.53. The summed E-state index contributed by atoms with van der Waals surface area (Å²) in [6.07, 6.45) is 3.04. The maximum absolute atomic E-state index is 11.4. The van der Waals surface area contributed by atoms with Gasteiger partial charge in [0.15, 0.2) is 0 Å². The average Bonchev–Trinajstić information content (AvgIpc) is 2.97. The third-order valence-electron chi connectivity index (χ3n) is 3.60. The number of benzene rings is 1. The van der Waals surface area contributed by atoms with Crippen LogP contribution >= 0.6 is 0 Å². The predicted octanol–water partition coefficient (Wildman–Crippen LogP) is 2.52. The average molecular weight is 172 g/mol. The number of carbonyl (C=O) groups is 1. The summed E-state index contributed by atoms with van der Waals surface area (Å²) in [5.74, 6) is 1.04. The second kappa shape index (κ2) is 2.22. The highest BCUT2D eigenvalue weighted by Crippen LogP contribution is 2.65. The molecule has 2 aliphatic carbocycles. The minimum Gasteiger partial charge on any atom is -0.299 e. The Labute approximate surface area is 77.8 Å². The molecule has 66 valence electrons. The van der Waals surface area contributed by atoms with Gasteiger partial charge in [0.05, 0.1) is 0 Å². The molecule has 2 aliphatic rings. The third kappa shape index (κ3) is 0.846. The maximum Gasteiger partial charge on any atom is 0.140 e. The molecule has 0 saturated heterocycles. The van der Waals surface area contributed by atoms with Crippen molar-refractivity contribution in [2.24, 2.45) is 5.41 Å². The molecule has 1 spiro atoms. The molecule has 1 unspecified atom stereocenters. The summed E-state index contributed by atoms with van der Waals surface area (Å²) < 4.78 is 0. The smallest absolute Gasteiger partial charge is 0.140 e. The Kier molecular flexibility index (Phi) is 1.25. The Bertz CT molecular complexity index is 349. The van der Waals surface area contributed by atoms with Gasteiger partial charge in [0.2, 0.25) is 0 Å². The quantitative estimate of drug-likeness (QED) is 0.636. The lowest BCUT2D eigenvalue weighted by molar-refractivity contribution is -0.133. The standard InChI is InChI=1S/C12H12O/c13-11-8-10(12(11)6-7-12)9-4-2-1-3-5-9/h1-5,10H,6-8H2. The van der Waals surface area contributed by atoms with Crippen molar-refractivity contribution in [3.8, 4) is 0 Å². The number of ketones is 1. The molecule has 1 aromatic rings. The van der Waals surface area contributed by atoms with Crippen LogP contribution in [0.3, 0.4) is 0 Å². The molecule has 0 N–H and O–H groups in total. The maximum atomic E-state index is 11.4. The summed E-state index contributed by atoms with van der Waals surface area (Å²) in [5.41, 5.74) is 1.47. The topological polar surface area (TPSA) is 17.1 Å². The van der Waals surface area contributed by atoms with Crippen LogP contribution in [0.4, 0.5) is 0 Å². The first-order valence-electron chi connectivity index (χ1n) is 4.91. The predicted molar refractivity (Wildman–Crippen MR) is 50.5 cm³/mol. The fourth-order valence-electron chi connectivity index (χ4n) is 2.53. The first-order chi connectivity index (χ1) is 6.33. The Hall–Kier alpha value is -1.11. The van der Waals surface area contributed by atoms with Crippen LogP contribution in [0, 0.1) is 5.41 Å². The molecule has 13 heavy (non-hydrogen) atoms. The molecule has 2 fully saturated rings. The van der Waals surface area contributed by atoms with Gasteiger partial charge in [0, 0.05) is 17.8 Å². The van der Waals surface area contributed by atoms with Crippen LogP contribution in [0.15, 0.2) is 30.3 Å². The first-order valence-corrected chi connectivity index (χ1v) is 4.91. The van der Waals surface area contributed by atoms with Gasteiger partial charge in [-0.3, -0.25) is 4.79 Å². The Morgan fingerprint density at radius 1 is 1.15 bits per heavy atom. The van der Waals surface area contributed by atoms with E-state index in [0.29, 0.717) is 11.7 Å². The summed E-state index contributed by atoms with van der Waals surface area (Å²) in [6, 6.07) is 10.5. The van der Waals surface area contributed by atoms with Gasteiger partial charge in [-0.1, -0.05) is 30.3 Å². The van der Waals surface area contributed by atoms with Crippen molar-refractivity contribution in [2.45, 2.75) is 25.2 Å². The molecular weight excluding hydrogens is 160 g/mol.